The van der Waals surface area contributed by atoms with Gasteiger partial charge in [-0.1, -0.05) is 18.5 Å². The fourth-order valence-electron chi connectivity index (χ4n) is 2.55. The average molecular weight is 326 g/mol. The predicted molar refractivity (Wildman–Crippen MR) is 84.0 cm³/mol. The van der Waals surface area contributed by atoms with Crippen LogP contribution in [0, 0.1) is 5.92 Å². The second-order valence-electron chi connectivity index (χ2n) is 5.40. The topological polar surface area (TPSA) is 82.5 Å². The van der Waals surface area contributed by atoms with E-state index in [0.29, 0.717) is 24.3 Å². The molecule has 1 aromatic heterocycles. The van der Waals surface area contributed by atoms with Gasteiger partial charge < -0.3 is 15.3 Å². The lowest BCUT2D eigenvalue weighted by Gasteiger charge is -2.32. The standard InChI is InChI=1S/C15H20ClN3O3/c1-2-12(15(21)22)18-14(20)10-5-7-19(8-6-10)13-4-3-11(16)9-17-13/h3-4,9-10,12H,2,5-8H2,1H3,(H,18,20)(H,21,22)/t12-/m0/s1. The maximum Gasteiger partial charge on any atom is 0.326 e. The number of carbonyl (C=O) groups is 2. The summed E-state index contributed by atoms with van der Waals surface area (Å²) in [5.41, 5.74) is 0. The number of amides is 1. The van der Waals surface area contributed by atoms with Crippen molar-refractivity contribution in [3.8, 4) is 0 Å². The first-order chi connectivity index (χ1) is 10.5. The number of hydrogen-bond acceptors (Lipinski definition) is 4. The van der Waals surface area contributed by atoms with Crippen molar-refractivity contribution < 1.29 is 14.7 Å². The highest BCUT2D eigenvalue weighted by Crippen LogP contribution is 2.23. The summed E-state index contributed by atoms with van der Waals surface area (Å²) < 4.78 is 0. The summed E-state index contributed by atoms with van der Waals surface area (Å²) in [6, 6.07) is 2.85. The van der Waals surface area contributed by atoms with E-state index in [2.05, 4.69) is 15.2 Å². The highest BCUT2D eigenvalue weighted by atomic mass is 35.5. The molecular weight excluding hydrogens is 306 g/mol. The second kappa shape index (κ2) is 7.45. The Hall–Kier alpha value is -1.82. The van der Waals surface area contributed by atoms with Crippen LogP contribution in [0.4, 0.5) is 5.82 Å². The number of carbonyl (C=O) groups excluding carboxylic acids is 1. The number of rotatable bonds is 5. The molecule has 2 N–H and O–H groups in total. The Labute approximate surface area is 134 Å². The van der Waals surface area contributed by atoms with Gasteiger partial charge in [-0.15, -0.1) is 0 Å². The Morgan fingerprint density at radius 2 is 2.14 bits per heavy atom. The molecule has 7 heteroatoms. The number of piperidine rings is 1. The van der Waals surface area contributed by atoms with Crippen LogP contribution in [0.3, 0.4) is 0 Å². The fraction of sp³-hybridized carbons (Fsp3) is 0.533. The molecule has 0 unspecified atom stereocenters. The average Bonchev–Trinajstić information content (AvgIpc) is 2.53. The lowest BCUT2D eigenvalue weighted by molar-refractivity contribution is -0.142. The molecule has 1 fully saturated rings. The molecule has 0 aliphatic carbocycles. The summed E-state index contributed by atoms with van der Waals surface area (Å²) in [7, 11) is 0. The first-order valence-corrected chi connectivity index (χ1v) is 7.78. The quantitative estimate of drug-likeness (QED) is 0.864. The third-order valence-electron chi connectivity index (χ3n) is 3.92. The van der Waals surface area contributed by atoms with Crippen molar-refractivity contribution in [1.29, 1.82) is 0 Å². The smallest absolute Gasteiger partial charge is 0.326 e. The van der Waals surface area contributed by atoms with Gasteiger partial charge in [-0.3, -0.25) is 4.79 Å². The molecule has 0 radical (unpaired) electrons. The number of hydrogen-bond donors (Lipinski definition) is 2. The van der Waals surface area contributed by atoms with E-state index in [1.54, 1.807) is 19.2 Å². The monoisotopic (exact) mass is 325 g/mol. The zero-order chi connectivity index (χ0) is 16.1. The van der Waals surface area contributed by atoms with E-state index in [1.165, 1.54) is 0 Å². The molecule has 0 bridgehead atoms. The maximum absolute atomic E-state index is 12.1. The summed E-state index contributed by atoms with van der Waals surface area (Å²) in [6.07, 6.45) is 3.36. The van der Waals surface area contributed by atoms with Gasteiger partial charge in [0.2, 0.25) is 5.91 Å². The molecule has 6 nitrogen and oxygen atoms in total. The number of carboxylic acids is 1. The van der Waals surface area contributed by atoms with Crippen molar-refractivity contribution in [2.24, 2.45) is 5.92 Å². The van der Waals surface area contributed by atoms with E-state index in [0.717, 1.165) is 18.9 Å². The van der Waals surface area contributed by atoms with Gasteiger partial charge in [0.15, 0.2) is 0 Å². The van der Waals surface area contributed by atoms with Crippen molar-refractivity contribution in [2.75, 3.05) is 18.0 Å². The molecule has 1 aliphatic rings. The van der Waals surface area contributed by atoms with Crippen LogP contribution in [0.15, 0.2) is 18.3 Å². The molecule has 22 heavy (non-hydrogen) atoms. The summed E-state index contributed by atoms with van der Waals surface area (Å²) in [4.78, 5) is 29.5. The van der Waals surface area contributed by atoms with E-state index in [4.69, 9.17) is 16.7 Å². The molecule has 0 aromatic carbocycles. The van der Waals surface area contributed by atoms with Crippen LogP contribution in [0.25, 0.3) is 0 Å². The van der Waals surface area contributed by atoms with E-state index >= 15 is 0 Å². The van der Waals surface area contributed by atoms with Gasteiger partial charge in [0, 0.05) is 25.2 Å². The Kier molecular flexibility index (Phi) is 5.60. The molecule has 1 aromatic rings. The largest absolute Gasteiger partial charge is 0.480 e. The number of aromatic nitrogens is 1. The SMILES string of the molecule is CC[C@H](NC(=O)C1CCN(c2ccc(Cl)cn2)CC1)C(=O)O. The van der Waals surface area contributed by atoms with Gasteiger partial charge in [-0.05, 0) is 31.4 Å². The maximum atomic E-state index is 12.1. The Morgan fingerprint density at radius 1 is 1.45 bits per heavy atom. The summed E-state index contributed by atoms with van der Waals surface area (Å²) in [6.45, 7) is 3.18. The van der Waals surface area contributed by atoms with Crippen LogP contribution in [0.1, 0.15) is 26.2 Å². The van der Waals surface area contributed by atoms with Gasteiger partial charge in [0.25, 0.3) is 0 Å². The highest BCUT2D eigenvalue weighted by Gasteiger charge is 2.28. The first kappa shape index (κ1) is 16.5. The lowest BCUT2D eigenvalue weighted by atomic mass is 9.95. The van der Waals surface area contributed by atoms with Crippen molar-refractivity contribution in [2.45, 2.75) is 32.2 Å². The molecule has 120 valence electrons. The van der Waals surface area contributed by atoms with Gasteiger partial charge in [0.05, 0.1) is 5.02 Å². The minimum absolute atomic E-state index is 0.142. The number of anilines is 1. The number of carboxylic acid groups (broad SMARTS) is 1. The zero-order valence-electron chi connectivity index (χ0n) is 12.5. The van der Waals surface area contributed by atoms with Crippen LogP contribution < -0.4 is 10.2 Å². The molecular formula is C15H20ClN3O3. The zero-order valence-corrected chi connectivity index (χ0v) is 13.2. The predicted octanol–water partition coefficient (Wildman–Crippen LogP) is 1.93. The van der Waals surface area contributed by atoms with E-state index in [1.807, 2.05) is 6.07 Å². The number of pyridine rings is 1. The lowest BCUT2D eigenvalue weighted by Crippen LogP contribution is -2.46. The number of halogens is 1. The van der Waals surface area contributed by atoms with Crippen molar-refractivity contribution in [3.05, 3.63) is 23.4 Å². The molecule has 1 aliphatic heterocycles. The van der Waals surface area contributed by atoms with Gasteiger partial charge >= 0.3 is 5.97 Å². The summed E-state index contributed by atoms with van der Waals surface area (Å²) in [5, 5.41) is 12.2. The molecule has 1 saturated heterocycles. The van der Waals surface area contributed by atoms with Crippen LogP contribution in [-0.4, -0.2) is 41.1 Å². The minimum atomic E-state index is -0.987. The minimum Gasteiger partial charge on any atom is -0.480 e. The Balaban J connectivity index is 1.87. The highest BCUT2D eigenvalue weighted by molar-refractivity contribution is 6.30. The van der Waals surface area contributed by atoms with Gasteiger partial charge in [-0.2, -0.15) is 0 Å². The first-order valence-electron chi connectivity index (χ1n) is 7.41. The van der Waals surface area contributed by atoms with E-state index < -0.39 is 12.0 Å². The third-order valence-corrected chi connectivity index (χ3v) is 4.15. The summed E-state index contributed by atoms with van der Waals surface area (Å²) in [5.74, 6) is -0.450. The van der Waals surface area contributed by atoms with Crippen LogP contribution in [0.2, 0.25) is 5.02 Å². The number of nitrogens with zero attached hydrogens (tertiary/aromatic N) is 2. The number of nitrogens with one attached hydrogen (secondary N) is 1. The molecule has 0 spiro atoms. The fourth-order valence-corrected chi connectivity index (χ4v) is 2.67. The Morgan fingerprint density at radius 3 is 2.64 bits per heavy atom. The Bertz CT molecular complexity index is 527. The molecule has 2 rings (SSSR count). The van der Waals surface area contributed by atoms with Gasteiger partial charge in [-0.25, -0.2) is 9.78 Å². The second-order valence-corrected chi connectivity index (χ2v) is 5.84. The third kappa shape index (κ3) is 4.10. The van der Waals surface area contributed by atoms with Crippen molar-refractivity contribution >= 4 is 29.3 Å². The summed E-state index contributed by atoms with van der Waals surface area (Å²) >= 11 is 5.82. The van der Waals surface area contributed by atoms with E-state index in [9.17, 15) is 9.59 Å². The van der Waals surface area contributed by atoms with Crippen molar-refractivity contribution in [3.63, 3.8) is 0 Å². The number of aliphatic carboxylic acids is 1. The van der Waals surface area contributed by atoms with Crippen LogP contribution in [-0.2, 0) is 9.59 Å². The molecule has 1 amide bonds. The van der Waals surface area contributed by atoms with E-state index in [-0.39, 0.29) is 11.8 Å². The van der Waals surface area contributed by atoms with Crippen LogP contribution in [0.5, 0.6) is 0 Å². The molecule has 1 atom stereocenters. The van der Waals surface area contributed by atoms with Crippen LogP contribution >= 0.6 is 11.6 Å². The molecule has 2 heterocycles. The van der Waals surface area contributed by atoms with Gasteiger partial charge in [0.1, 0.15) is 11.9 Å². The molecule has 0 saturated carbocycles. The normalized spacial score (nSPS) is 17.1. The van der Waals surface area contributed by atoms with Crippen molar-refractivity contribution in [1.82, 2.24) is 10.3 Å².